The van der Waals surface area contributed by atoms with Crippen molar-refractivity contribution in [3.63, 3.8) is 0 Å². The van der Waals surface area contributed by atoms with E-state index in [9.17, 15) is 4.79 Å². The summed E-state index contributed by atoms with van der Waals surface area (Å²) in [5.41, 5.74) is 5.65. The summed E-state index contributed by atoms with van der Waals surface area (Å²) in [7, 11) is 0. The summed E-state index contributed by atoms with van der Waals surface area (Å²) in [5.74, 6) is 3.16. The van der Waals surface area contributed by atoms with E-state index in [4.69, 9.17) is 5.73 Å². The van der Waals surface area contributed by atoms with E-state index in [0.717, 1.165) is 31.2 Å². The number of carbonyl (C=O) groups is 1. The van der Waals surface area contributed by atoms with Gasteiger partial charge in [-0.15, -0.1) is 0 Å². The van der Waals surface area contributed by atoms with E-state index >= 15 is 0 Å². The molecule has 110 valence electrons. The van der Waals surface area contributed by atoms with Crippen LogP contribution < -0.4 is 11.1 Å². The maximum Gasteiger partial charge on any atom is 0.220 e. The second-order valence-corrected chi connectivity index (χ2v) is 6.97. The van der Waals surface area contributed by atoms with E-state index in [1.54, 1.807) is 0 Å². The first kappa shape index (κ1) is 14.8. The smallest absolute Gasteiger partial charge is 0.220 e. The third kappa shape index (κ3) is 3.95. The van der Waals surface area contributed by atoms with Crippen LogP contribution in [0.2, 0.25) is 0 Å². The minimum atomic E-state index is 0.264. The summed E-state index contributed by atoms with van der Waals surface area (Å²) in [5, 5.41) is 3.28. The van der Waals surface area contributed by atoms with Gasteiger partial charge in [0.2, 0.25) is 5.91 Å². The number of carbonyl (C=O) groups excluding carboxylic acids is 1. The Morgan fingerprint density at radius 3 is 2.58 bits per heavy atom. The van der Waals surface area contributed by atoms with Crippen molar-refractivity contribution in [2.75, 3.05) is 6.54 Å². The lowest BCUT2D eigenvalue weighted by molar-refractivity contribution is -0.122. The molecule has 2 bridgehead atoms. The van der Waals surface area contributed by atoms with E-state index in [2.05, 4.69) is 19.2 Å². The Morgan fingerprint density at radius 1 is 1.26 bits per heavy atom. The fraction of sp³-hybridized carbons (Fsp3) is 0.938. The van der Waals surface area contributed by atoms with E-state index in [1.165, 1.54) is 25.7 Å². The van der Waals surface area contributed by atoms with Gasteiger partial charge >= 0.3 is 0 Å². The Bertz CT molecular complexity index is 303. The lowest BCUT2D eigenvalue weighted by Gasteiger charge is -2.24. The van der Waals surface area contributed by atoms with Gasteiger partial charge in [-0.05, 0) is 62.3 Å². The molecule has 0 aromatic heterocycles. The molecule has 0 heterocycles. The van der Waals surface area contributed by atoms with Crippen LogP contribution in [0, 0.1) is 23.7 Å². The van der Waals surface area contributed by atoms with Crippen LogP contribution in [0.1, 0.15) is 58.8 Å². The average molecular weight is 266 g/mol. The molecule has 3 heteroatoms. The van der Waals surface area contributed by atoms with Crippen molar-refractivity contribution in [1.82, 2.24) is 5.32 Å². The van der Waals surface area contributed by atoms with Crippen LogP contribution in [0.25, 0.3) is 0 Å². The molecule has 0 aromatic rings. The Balaban J connectivity index is 1.69. The molecule has 4 atom stereocenters. The molecule has 2 rings (SSSR count). The fourth-order valence-corrected chi connectivity index (χ4v) is 4.04. The predicted octanol–water partition coefficient (Wildman–Crippen LogP) is 2.69. The summed E-state index contributed by atoms with van der Waals surface area (Å²) in [6.07, 6.45) is 8.01. The molecule has 2 fully saturated rings. The number of nitrogens with two attached hydrogens (primary N) is 1. The van der Waals surface area contributed by atoms with Gasteiger partial charge in [0.05, 0.1) is 0 Å². The zero-order valence-electron chi connectivity index (χ0n) is 12.5. The molecule has 2 aliphatic carbocycles. The largest absolute Gasteiger partial charge is 0.353 e. The van der Waals surface area contributed by atoms with Crippen LogP contribution in [-0.4, -0.2) is 18.5 Å². The second-order valence-electron chi connectivity index (χ2n) is 6.97. The van der Waals surface area contributed by atoms with Gasteiger partial charge in [-0.25, -0.2) is 0 Å². The number of fused-ring (bicyclic) bond motifs is 2. The highest BCUT2D eigenvalue weighted by atomic mass is 16.1. The molecule has 2 aliphatic rings. The third-order valence-electron chi connectivity index (χ3n) is 5.31. The first-order valence-corrected chi connectivity index (χ1v) is 8.09. The first-order chi connectivity index (χ1) is 9.10. The topological polar surface area (TPSA) is 55.1 Å². The minimum Gasteiger partial charge on any atom is -0.353 e. The molecule has 2 saturated carbocycles. The molecular formula is C16H30N2O. The molecule has 0 saturated heterocycles. The Hall–Kier alpha value is -0.570. The average Bonchev–Trinajstić information content (AvgIpc) is 2.96. The van der Waals surface area contributed by atoms with Gasteiger partial charge in [-0.3, -0.25) is 4.79 Å². The fourth-order valence-electron chi connectivity index (χ4n) is 4.04. The van der Waals surface area contributed by atoms with Crippen molar-refractivity contribution in [3.8, 4) is 0 Å². The number of amides is 1. The third-order valence-corrected chi connectivity index (χ3v) is 5.31. The number of hydrogen-bond donors (Lipinski definition) is 2. The van der Waals surface area contributed by atoms with Crippen molar-refractivity contribution in [1.29, 1.82) is 0 Å². The highest BCUT2D eigenvalue weighted by Gasteiger charge is 2.39. The maximum absolute atomic E-state index is 12.1. The van der Waals surface area contributed by atoms with Crippen LogP contribution in [0.15, 0.2) is 0 Å². The zero-order valence-corrected chi connectivity index (χ0v) is 12.5. The summed E-state index contributed by atoms with van der Waals surface area (Å²) >= 11 is 0. The molecule has 3 nitrogen and oxygen atoms in total. The Morgan fingerprint density at radius 2 is 2.05 bits per heavy atom. The molecule has 0 aromatic carbocycles. The molecule has 1 amide bonds. The summed E-state index contributed by atoms with van der Waals surface area (Å²) < 4.78 is 0. The van der Waals surface area contributed by atoms with Gasteiger partial charge in [-0.2, -0.15) is 0 Å². The number of hydrogen-bond acceptors (Lipinski definition) is 2. The monoisotopic (exact) mass is 266 g/mol. The predicted molar refractivity (Wildman–Crippen MR) is 78.6 cm³/mol. The number of rotatable bonds is 7. The molecule has 0 aliphatic heterocycles. The Labute approximate surface area is 117 Å². The standard InChI is InChI=1S/C16H30N2O/c1-11(2)13(7-8-17)5-6-16(19)18-15-10-12-3-4-14(15)9-12/h11-15H,3-10,17H2,1-2H3,(H,18,19). The molecule has 4 unspecified atom stereocenters. The zero-order chi connectivity index (χ0) is 13.8. The van der Waals surface area contributed by atoms with E-state index in [1.807, 2.05) is 0 Å². The van der Waals surface area contributed by atoms with Gasteiger partial charge in [0.15, 0.2) is 0 Å². The van der Waals surface area contributed by atoms with Crippen molar-refractivity contribution in [2.45, 2.75) is 64.8 Å². The lowest BCUT2D eigenvalue weighted by atomic mass is 9.88. The first-order valence-electron chi connectivity index (χ1n) is 8.09. The van der Waals surface area contributed by atoms with Crippen molar-refractivity contribution in [2.24, 2.45) is 29.4 Å². The van der Waals surface area contributed by atoms with Crippen molar-refractivity contribution >= 4 is 5.91 Å². The summed E-state index contributed by atoms with van der Waals surface area (Å²) in [4.78, 5) is 12.1. The van der Waals surface area contributed by atoms with Gasteiger partial charge in [0.1, 0.15) is 0 Å². The van der Waals surface area contributed by atoms with Crippen molar-refractivity contribution in [3.05, 3.63) is 0 Å². The van der Waals surface area contributed by atoms with Crippen LogP contribution in [-0.2, 0) is 4.79 Å². The van der Waals surface area contributed by atoms with Crippen LogP contribution in [0.5, 0.6) is 0 Å². The molecule has 19 heavy (non-hydrogen) atoms. The van der Waals surface area contributed by atoms with Crippen LogP contribution in [0.3, 0.4) is 0 Å². The van der Waals surface area contributed by atoms with Gasteiger partial charge in [-0.1, -0.05) is 20.3 Å². The summed E-state index contributed by atoms with van der Waals surface area (Å²) in [6.45, 7) is 5.19. The van der Waals surface area contributed by atoms with E-state index in [-0.39, 0.29) is 5.91 Å². The molecule has 0 radical (unpaired) electrons. The quantitative estimate of drug-likeness (QED) is 0.744. The normalized spacial score (nSPS) is 30.8. The molecule has 3 N–H and O–H groups in total. The van der Waals surface area contributed by atoms with E-state index in [0.29, 0.717) is 24.3 Å². The van der Waals surface area contributed by atoms with E-state index < -0.39 is 0 Å². The second kappa shape index (κ2) is 6.74. The highest BCUT2D eigenvalue weighted by molar-refractivity contribution is 5.76. The van der Waals surface area contributed by atoms with Crippen LogP contribution in [0.4, 0.5) is 0 Å². The van der Waals surface area contributed by atoms with Gasteiger partial charge in [0, 0.05) is 12.5 Å². The molecule has 0 spiro atoms. The lowest BCUT2D eigenvalue weighted by Crippen LogP contribution is -2.38. The minimum absolute atomic E-state index is 0.264. The van der Waals surface area contributed by atoms with Gasteiger partial charge in [0.25, 0.3) is 0 Å². The van der Waals surface area contributed by atoms with Gasteiger partial charge < -0.3 is 11.1 Å². The van der Waals surface area contributed by atoms with Crippen molar-refractivity contribution < 1.29 is 4.79 Å². The SMILES string of the molecule is CC(C)C(CCN)CCC(=O)NC1CC2CCC1C2. The highest BCUT2D eigenvalue weighted by Crippen LogP contribution is 2.44. The number of nitrogens with one attached hydrogen (secondary N) is 1. The Kier molecular flexibility index (Phi) is 5.26. The summed E-state index contributed by atoms with van der Waals surface area (Å²) in [6, 6.07) is 0.484. The molecular weight excluding hydrogens is 236 g/mol. The van der Waals surface area contributed by atoms with Crippen LogP contribution >= 0.6 is 0 Å². The maximum atomic E-state index is 12.1.